The lowest BCUT2D eigenvalue weighted by atomic mass is 9.93. The first-order chi connectivity index (χ1) is 14.0. The molecule has 2 aliphatic heterocycles. The van der Waals surface area contributed by atoms with Gasteiger partial charge in [0.05, 0.1) is 32.3 Å². The number of fused-ring (bicyclic) bond motifs is 1. The molecule has 1 atom stereocenters. The lowest BCUT2D eigenvalue weighted by molar-refractivity contribution is -0.109. The van der Waals surface area contributed by atoms with E-state index in [9.17, 15) is 9.90 Å². The van der Waals surface area contributed by atoms with E-state index in [4.69, 9.17) is 26.1 Å². The third-order valence-corrected chi connectivity index (χ3v) is 5.45. The summed E-state index contributed by atoms with van der Waals surface area (Å²) in [7, 11) is 1.77. The van der Waals surface area contributed by atoms with Crippen LogP contribution in [0.2, 0.25) is 5.28 Å². The smallest absolute Gasteiger partial charge is 0.410 e. The van der Waals surface area contributed by atoms with Crippen LogP contribution in [0.5, 0.6) is 0 Å². The predicted molar refractivity (Wildman–Crippen MR) is 111 cm³/mol. The Bertz CT molecular complexity index is 982. The van der Waals surface area contributed by atoms with Crippen molar-refractivity contribution in [2.24, 2.45) is 7.05 Å². The Morgan fingerprint density at radius 1 is 1.30 bits per heavy atom. The molecule has 10 nitrogen and oxygen atoms in total. The summed E-state index contributed by atoms with van der Waals surface area (Å²) in [5, 5.41) is 11.3. The van der Waals surface area contributed by atoms with Gasteiger partial charge < -0.3 is 28.9 Å². The van der Waals surface area contributed by atoms with Gasteiger partial charge in [0.15, 0.2) is 22.6 Å². The van der Waals surface area contributed by atoms with Gasteiger partial charge >= 0.3 is 6.09 Å². The number of ether oxygens (including phenoxy) is 2. The third kappa shape index (κ3) is 3.67. The first kappa shape index (κ1) is 21.1. The summed E-state index contributed by atoms with van der Waals surface area (Å²) >= 11 is 6.21. The second-order valence-corrected chi connectivity index (χ2v) is 9.31. The van der Waals surface area contributed by atoms with Crippen LogP contribution < -0.4 is 4.90 Å². The molecule has 0 bridgehead atoms. The molecule has 2 fully saturated rings. The zero-order valence-corrected chi connectivity index (χ0v) is 18.6. The van der Waals surface area contributed by atoms with Crippen LogP contribution in [0.1, 0.15) is 33.5 Å². The van der Waals surface area contributed by atoms with Gasteiger partial charge in [-0.15, -0.1) is 0 Å². The number of morpholine rings is 1. The molecule has 11 heteroatoms. The molecule has 2 aliphatic rings. The van der Waals surface area contributed by atoms with Gasteiger partial charge in [-0.25, -0.2) is 9.78 Å². The molecule has 1 amide bonds. The van der Waals surface area contributed by atoms with E-state index in [1.165, 1.54) is 4.90 Å². The van der Waals surface area contributed by atoms with Gasteiger partial charge in [0.2, 0.25) is 5.28 Å². The molecule has 0 radical (unpaired) electrons. The fraction of sp³-hybridized carbons (Fsp3) is 0.684. The maximum atomic E-state index is 12.3. The molecular weight excluding hydrogens is 412 g/mol. The van der Waals surface area contributed by atoms with Crippen molar-refractivity contribution in [2.75, 3.05) is 37.7 Å². The molecular formula is C19H27ClN6O4. The van der Waals surface area contributed by atoms with E-state index in [-0.39, 0.29) is 24.4 Å². The summed E-state index contributed by atoms with van der Waals surface area (Å²) < 4.78 is 12.6. The standard InChI is InChI=1S/C19H27ClN6O4/c1-11-8-29-7-6-26(11)14-12-13(22-16(20)23-14)24(5)15(21-12)19(28)9-25(10-19)17(27)30-18(2,3)4/h11,28H,6-10H2,1-5H3. The van der Waals surface area contributed by atoms with Gasteiger partial charge in [-0.2, -0.15) is 9.97 Å². The molecule has 164 valence electrons. The second kappa shape index (κ2) is 7.21. The number of carbonyl (C=O) groups excluding carboxylic acids is 1. The summed E-state index contributed by atoms with van der Waals surface area (Å²) in [6, 6.07) is 0.104. The molecule has 0 aromatic carbocycles. The van der Waals surface area contributed by atoms with Gasteiger partial charge in [0.25, 0.3) is 0 Å². The van der Waals surface area contributed by atoms with Crippen LogP contribution in [0.3, 0.4) is 0 Å². The number of β-amino-alcohol motifs (C(OH)–C–C–N with tert-alkyl or cyclic N) is 1. The van der Waals surface area contributed by atoms with Crippen molar-refractivity contribution in [3.63, 3.8) is 0 Å². The Labute approximate surface area is 179 Å². The number of hydrogen-bond donors (Lipinski definition) is 1. The van der Waals surface area contributed by atoms with E-state index < -0.39 is 17.3 Å². The van der Waals surface area contributed by atoms with Crippen LogP contribution >= 0.6 is 11.6 Å². The minimum Gasteiger partial charge on any atom is -0.444 e. The summed E-state index contributed by atoms with van der Waals surface area (Å²) in [5.74, 6) is 1.03. The number of anilines is 1. The molecule has 4 heterocycles. The van der Waals surface area contributed by atoms with Crippen molar-refractivity contribution in [3.05, 3.63) is 11.1 Å². The van der Waals surface area contributed by atoms with Crippen LogP contribution in [-0.4, -0.2) is 80.1 Å². The highest BCUT2D eigenvalue weighted by atomic mass is 35.5. The van der Waals surface area contributed by atoms with Crippen LogP contribution in [0.15, 0.2) is 0 Å². The number of aromatic nitrogens is 4. The van der Waals surface area contributed by atoms with Crippen molar-refractivity contribution in [2.45, 2.75) is 44.9 Å². The number of amides is 1. The largest absolute Gasteiger partial charge is 0.444 e. The van der Waals surface area contributed by atoms with E-state index in [1.807, 2.05) is 6.92 Å². The number of carbonyl (C=O) groups is 1. The molecule has 30 heavy (non-hydrogen) atoms. The zero-order chi connectivity index (χ0) is 21.8. The maximum Gasteiger partial charge on any atom is 0.410 e. The van der Waals surface area contributed by atoms with Crippen molar-refractivity contribution in [3.8, 4) is 0 Å². The minimum atomic E-state index is -1.30. The average molecular weight is 439 g/mol. The fourth-order valence-corrected chi connectivity index (χ4v) is 4.02. The van der Waals surface area contributed by atoms with Crippen molar-refractivity contribution >= 4 is 34.7 Å². The SMILES string of the molecule is CC1COCCN1c1nc(Cl)nc2c1nc(C1(O)CN(C(=O)OC(C)(C)C)C1)n2C. The molecule has 0 saturated carbocycles. The lowest BCUT2D eigenvalue weighted by Crippen LogP contribution is -2.62. The highest BCUT2D eigenvalue weighted by Crippen LogP contribution is 2.36. The number of imidazole rings is 1. The van der Waals surface area contributed by atoms with Crippen LogP contribution in [-0.2, 0) is 22.1 Å². The quantitative estimate of drug-likeness (QED) is 0.706. The van der Waals surface area contributed by atoms with Crippen LogP contribution in [0.4, 0.5) is 10.6 Å². The van der Waals surface area contributed by atoms with E-state index in [2.05, 4.69) is 14.9 Å². The number of aryl methyl sites for hydroxylation is 1. The maximum absolute atomic E-state index is 12.3. The van der Waals surface area contributed by atoms with Gasteiger partial charge in [0, 0.05) is 13.6 Å². The molecule has 2 aromatic heterocycles. The molecule has 1 N–H and O–H groups in total. The Morgan fingerprint density at radius 2 is 2.00 bits per heavy atom. The second-order valence-electron chi connectivity index (χ2n) is 8.97. The van der Waals surface area contributed by atoms with Gasteiger partial charge in [-0.3, -0.25) is 0 Å². The number of aliphatic hydroxyl groups is 1. The fourth-order valence-electron chi connectivity index (χ4n) is 3.86. The van der Waals surface area contributed by atoms with Crippen LogP contribution in [0, 0.1) is 0 Å². The zero-order valence-electron chi connectivity index (χ0n) is 17.8. The lowest BCUT2D eigenvalue weighted by Gasteiger charge is -2.45. The normalized spacial score (nSPS) is 21.6. The Morgan fingerprint density at radius 3 is 2.63 bits per heavy atom. The summed E-state index contributed by atoms with van der Waals surface area (Å²) in [4.78, 5) is 29.3. The first-order valence-electron chi connectivity index (χ1n) is 9.94. The summed E-state index contributed by atoms with van der Waals surface area (Å²) in [5.41, 5.74) is -0.802. The predicted octanol–water partition coefficient (Wildman–Crippen LogP) is 1.68. The Hall–Kier alpha value is -2.17. The van der Waals surface area contributed by atoms with Gasteiger partial charge in [-0.1, -0.05) is 0 Å². The molecule has 1 unspecified atom stereocenters. The first-order valence-corrected chi connectivity index (χ1v) is 10.3. The highest BCUT2D eigenvalue weighted by Gasteiger charge is 2.49. The molecule has 2 saturated heterocycles. The summed E-state index contributed by atoms with van der Waals surface area (Å²) in [6.07, 6.45) is -0.461. The van der Waals surface area contributed by atoms with Crippen LogP contribution in [0.25, 0.3) is 11.2 Å². The topological polar surface area (TPSA) is 106 Å². The summed E-state index contributed by atoms with van der Waals surface area (Å²) in [6.45, 7) is 9.46. The molecule has 4 rings (SSSR count). The monoisotopic (exact) mass is 438 g/mol. The number of halogens is 1. The number of nitrogens with zero attached hydrogens (tertiary/aromatic N) is 6. The molecule has 2 aromatic rings. The van der Waals surface area contributed by atoms with E-state index in [1.54, 1.807) is 32.4 Å². The van der Waals surface area contributed by atoms with Crippen molar-refractivity contribution in [1.82, 2.24) is 24.4 Å². The number of hydrogen-bond acceptors (Lipinski definition) is 8. The Kier molecular flexibility index (Phi) is 5.06. The van der Waals surface area contributed by atoms with Gasteiger partial charge in [-0.05, 0) is 39.3 Å². The van der Waals surface area contributed by atoms with Gasteiger partial charge in [0.1, 0.15) is 11.4 Å². The third-order valence-electron chi connectivity index (χ3n) is 5.29. The molecule has 0 aliphatic carbocycles. The Balaban J connectivity index is 1.66. The van der Waals surface area contributed by atoms with Crippen molar-refractivity contribution in [1.29, 1.82) is 0 Å². The highest BCUT2D eigenvalue weighted by molar-refractivity contribution is 6.28. The minimum absolute atomic E-state index is 0.0868. The van der Waals surface area contributed by atoms with E-state index in [0.717, 1.165) is 0 Å². The van der Waals surface area contributed by atoms with E-state index in [0.29, 0.717) is 42.6 Å². The molecule has 0 spiro atoms. The average Bonchev–Trinajstić information content (AvgIpc) is 2.94. The number of likely N-dealkylation sites (tertiary alicyclic amines) is 1. The number of rotatable bonds is 2. The van der Waals surface area contributed by atoms with E-state index >= 15 is 0 Å². The van der Waals surface area contributed by atoms with Crippen molar-refractivity contribution < 1.29 is 19.4 Å².